The lowest BCUT2D eigenvalue weighted by molar-refractivity contribution is -0.175. The van der Waals surface area contributed by atoms with Gasteiger partial charge < -0.3 is 9.47 Å². The van der Waals surface area contributed by atoms with Crippen molar-refractivity contribution in [1.29, 1.82) is 0 Å². The third kappa shape index (κ3) is 2.87. The summed E-state index contributed by atoms with van der Waals surface area (Å²) in [6.07, 6.45) is 0.257. The van der Waals surface area contributed by atoms with Crippen LogP contribution in [0.4, 0.5) is 0 Å². The highest BCUT2D eigenvalue weighted by Crippen LogP contribution is 2.59. The van der Waals surface area contributed by atoms with Crippen LogP contribution in [-0.2, 0) is 19.1 Å². The second kappa shape index (κ2) is 7.26. The molecule has 0 saturated heterocycles. The van der Waals surface area contributed by atoms with Crippen molar-refractivity contribution in [1.82, 2.24) is 0 Å². The number of hydrogen-bond donors (Lipinski definition) is 0. The Hall–Kier alpha value is -1.36. The standard InChI is InChI=1S/C19H32O4Si/c1-9-24(10-2,11-3)13-15-14(4)12-19(16(20)22-7,17(21)23-8)18(15,5)6/h13H,4,9-12H2,1-3,5-8H3/b15-13+. The molecule has 0 atom stereocenters. The Labute approximate surface area is 147 Å². The molecule has 0 aromatic rings. The number of ether oxygens (including phenoxy) is 2. The molecule has 1 fully saturated rings. The quantitative estimate of drug-likeness (QED) is 0.407. The first-order valence-electron chi connectivity index (χ1n) is 8.70. The van der Waals surface area contributed by atoms with E-state index in [1.54, 1.807) is 0 Å². The van der Waals surface area contributed by atoms with Crippen LogP contribution in [0.15, 0.2) is 23.4 Å². The van der Waals surface area contributed by atoms with E-state index in [4.69, 9.17) is 9.47 Å². The maximum atomic E-state index is 12.6. The number of carbonyl (C=O) groups is 2. The fraction of sp³-hybridized carbons (Fsp3) is 0.684. The first kappa shape index (κ1) is 20.7. The van der Waals surface area contributed by atoms with Gasteiger partial charge in [0, 0.05) is 5.41 Å². The van der Waals surface area contributed by atoms with E-state index in [-0.39, 0.29) is 6.42 Å². The molecular formula is C19H32O4Si. The van der Waals surface area contributed by atoms with Crippen molar-refractivity contribution in [2.75, 3.05) is 14.2 Å². The second-order valence-corrected chi connectivity index (χ2v) is 12.4. The van der Waals surface area contributed by atoms with Crippen molar-refractivity contribution < 1.29 is 19.1 Å². The maximum Gasteiger partial charge on any atom is 0.324 e. The molecule has 0 unspecified atom stereocenters. The molecule has 1 aliphatic carbocycles. The maximum absolute atomic E-state index is 12.6. The minimum absolute atomic E-state index is 0.257. The molecule has 136 valence electrons. The number of methoxy groups -OCH3 is 2. The molecule has 5 heteroatoms. The topological polar surface area (TPSA) is 52.6 Å². The summed E-state index contributed by atoms with van der Waals surface area (Å²) in [5.41, 5.74) is 2.21. The van der Waals surface area contributed by atoms with Crippen LogP contribution in [0.1, 0.15) is 41.0 Å². The Morgan fingerprint density at radius 1 is 1.08 bits per heavy atom. The molecule has 0 amide bonds. The van der Waals surface area contributed by atoms with Crippen LogP contribution >= 0.6 is 0 Å². The number of allylic oxidation sites excluding steroid dienone is 2. The SMILES string of the molecule is C=C1CC(C(=O)OC)(C(=O)OC)C(C)(C)/C1=C/[Si](CC)(CC)CC. The predicted molar refractivity (Wildman–Crippen MR) is 99.3 cm³/mol. The third-order valence-corrected chi connectivity index (χ3v) is 11.4. The van der Waals surface area contributed by atoms with Crippen LogP contribution in [0.25, 0.3) is 0 Å². The molecule has 0 radical (unpaired) electrons. The zero-order chi connectivity index (χ0) is 18.8. The normalized spacial score (nSPS) is 21.0. The molecule has 1 aliphatic rings. The first-order valence-corrected chi connectivity index (χ1v) is 11.4. The van der Waals surface area contributed by atoms with E-state index in [0.717, 1.165) is 29.3 Å². The Bertz CT molecular complexity index is 531. The molecule has 0 heterocycles. The van der Waals surface area contributed by atoms with E-state index in [0.29, 0.717) is 0 Å². The Morgan fingerprint density at radius 3 is 1.83 bits per heavy atom. The largest absolute Gasteiger partial charge is 0.468 e. The Balaban J connectivity index is 3.62. The summed E-state index contributed by atoms with van der Waals surface area (Å²) in [4.78, 5) is 25.3. The Morgan fingerprint density at radius 2 is 1.50 bits per heavy atom. The number of hydrogen-bond acceptors (Lipinski definition) is 4. The molecule has 1 saturated carbocycles. The summed E-state index contributed by atoms with van der Waals surface area (Å²) in [6.45, 7) is 14.7. The van der Waals surface area contributed by atoms with Crippen LogP contribution in [0.5, 0.6) is 0 Å². The molecule has 0 aromatic heterocycles. The van der Waals surface area contributed by atoms with Crippen LogP contribution in [0.3, 0.4) is 0 Å². The fourth-order valence-electron chi connectivity index (χ4n) is 4.04. The van der Waals surface area contributed by atoms with Gasteiger partial charge >= 0.3 is 11.9 Å². The summed E-state index contributed by atoms with van der Waals surface area (Å²) in [5.74, 6) is -1.08. The molecule has 0 aliphatic heterocycles. The highest BCUT2D eigenvalue weighted by Gasteiger charge is 2.65. The molecule has 1 rings (SSSR count). The van der Waals surface area contributed by atoms with Gasteiger partial charge in [0.1, 0.15) is 0 Å². The van der Waals surface area contributed by atoms with Gasteiger partial charge in [-0.25, -0.2) is 0 Å². The summed E-state index contributed by atoms with van der Waals surface area (Å²) in [7, 11) is 1.04. The van der Waals surface area contributed by atoms with Gasteiger partial charge in [0.2, 0.25) is 0 Å². The van der Waals surface area contributed by atoms with E-state index in [9.17, 15) is 9.59 Å². The third-order valence-electron chi connectivity index (χ3n) is 6.23. The number of esters is 2. The molecule has 0 spiro atoms. The van der Waals surface area contributed by atoms with Crippen molar-refractivity contribution in [3.63, 3.8) is 0 Å². The fourth-order valence-corrected chi connectivity index (χ4v) is 7.33. The highest BCUT2D eigenvalue weighted by molar-refractivity contribution is 6.84. The predicted octanol–water partition coefficient (Wildman–Crippen LogP) is 4.28. The van der Waals surface area contributed by atoms with E-state index < -0.39 is 30.8 Å². The van der Waals surface area contributed by atoms with Crippen molar-refractivity contribution in [3.8, 4) is 0 Å². The lowest BCUT2D eigenvalue weighted by Crippen LogP contribution is -2.49. The van der Waals surface area contributed by atoms with Gasteiger partial charge in [0.25, 0.3) is 0 Å². The van der Waals surface area contributed by atoms with Gasteiger partial charge in [-0.3, -0.25) is 9.59 Å². The van der Waals surface area contributed by atoms with Crippen LogP contribution in [-0.4, -0.2) is 34.2 Å². The van der Waals surface area contributed by atoms with Crippen LogP contribution in [0.2, 0.25) is 18.1 Å². The number of rotatable bonds is 6. The van der Waals surface area contributed by atoms with Crippen LogP contribution in [0, 0.1) is 10.8 Å². The summed E-state index contributed by atoms with van der Waals surface area (Å²) >= 11 is 0. The molecular weight excluding hydrogens is 320 g/mol. The van der Waals surface area contributed by atoms with E-state index in [2.05, 4.69) is 33.0 Å². The zero-order valence-electron chi connectivity index (χ0n) is 16.2. The highest BCUT2D eigenvalue weighted by atomic mass is 28.3. The monoisotopic (exact) mass is 352 g/mol. The summed E-state index contributed by atoms with van der Waals surface area (Å²) in [5, 5.41) is 0. The molecule has 0 N–H and O–H groups in total. The van der Waals surface area contributed by atoms with Gasteiger partial charge in [-0.15, -0.1) is 0 Å². The minimum Gasteiger partial charge on any atom is -0.468 e. The smallest absolute Gasteiger partial charge is 0.324 e. The minimum atomic E-state index is -1.59. The summed E-state index contributed by atoms with van der Waals surface area (Å²) < 4.78 is 10.0. The zero-order valence-corrected chi connectivity index (χ0v) is 17.2. The average molecular weight is 353 g/mol. The van der Waals surface area contributed by atoms with Crippen LogP contribution < -0.4 is 0 Å². The van der Waals surface area contributed by atoms with Gasteiger partial charge in [0.15, 0.2) is 5.41 Å². The lowest BCUT2D eigenvalue weighted by atomic mass is 9.66. The average Bonchev–Trinajstić information content (AvgIpc) is 2.78. The lowest BCUT2D eigenvalue weighted by Gasteiger charge is -2.37. The van der Waals surface area contributed by atoms with Crippen molar-refractivity contribution in [2.24, 2.45) is 10.8 Å². The second-order valence-electron chi connectivity index (χ2n) is 7.27. The van der Waals surface area contributed by atoms with Gasteiger partial charge in [0.05, 0.1) is 22.3 Å². The van der Waals surface area contributed by atoms with Crippen molar-refractivity contribution in [2.45, 2.75) is 59.2 Å². The van der Waals surface area contributed by atoms with Gasteiger partial charge in [-0.1, -0.05) is 70.6 Å². The van der Waals surface area contributed by atoms with Gasteiger partial charge in [-0.05, 0) is 12.0 Å². The molecule has 0 aromatic carbocycles. The Kier molecular flexibility index (Phi) is 6.25. The molecule has 4 nitrogen and oxygen atoms in total. The van der Waals surface area contributed by atoms with Crippen molar-refractivity contribution >= 4 is 20.0 Å². The van der Waals surface area contributed by atoms with E-state index in [1.165, 1.54) is 14.2 Å². The molecule has 24 heavy (non-hydrogen) atoms. The summed E-state index contributed by atoms with van der Waals surface area (Å²) in [6, 6.07) is 3.41. The number of carbonyl (C=O) groups excluding carboxylic acids is 2. The van der Waals surface area contributed by atoms with E-state index >= 15 is 0 Å². The van der Waals surface area contributed by atoms with Crippen molar-refractivity contribution in [3.05, 3.63) is 23.4 Å². The first-order chi connectivity index (χ1) is 11.1. The van der Waals surface area contributed by atoms with E-state index in [1.807, 2.05) is 13.8 Å². The molecule has 0 bridgehead atoms. The van der Waals surface area contributed by atoms with Gasteiger partial charge in [-0.2, -0.15) is 0 Å².